The van der Waals surface area contributed by atoms with Crippen LogP contribution in [0.25, 0.3) is 0 Å². The standard InChI is InChI=1S/C9H10Cl3N/c10-7-9(12)5-1-2-6(9)4-8(11,3-5)13-7/h5-6H,1-4H2. The van der Waals surface area contributed by atoms with Gasteiger partial charge in [-0.1, -0.05) is 23.2 Å². The summed E-state index contributed by atoms with van der Waals surface area (Å²) in [5.74, 6) is 0.908. The fourth-order valence-corrected chi connectivity index (χ4v) is 4.57. The molecule has 0 saturated heterocycles. The highest BCUT2D eigenvalue weighted by molar-refractivity contribution is 6.73. The number of hydrogen-bond acceptors (Lipinski definition) is 1. The summed E-state index contributed by atoms with van der Waals surface area (Å²) in [7, 11) is 0. The molecule has 4 aliphatic rings. The van der Waals surface area contributed by atoms with E-state index in [0.717, 1.165) is 25.7 Å². The van der Waals surface area contributed by atoms with Gasteiger partial charge in [-0.15, -0.1) is 11.6 Å². The zero-order valence-corrected chi connectivity index (χ0v) is 9.33. The Kier molecular flexibility index (Phi) is 1.61. The summed E-state index contributed by atoms with van der Waals surface area (Å²) in [6, 6.07) is 0. The van der Waals surface area contributed by atoms with Crippen molar-refractivity contribution < 1.29 is 0 Å². The van der Waals surface area contributed by atoms with Crippen LogP contribution in [0, 0.1) is 11.8 Å². The lowest BCUT2D eigenvalue weighted by Crippen LogP contribution is -2.54. The van der Waals surface area contributed by atoms with E-state index >= 15 is 0 Å². The van der Waals surface area contributed by atoms with Gasteiger partial charge >= 0.3 is 0 Å². The Morgan fingerprint density at radius 2 is 1.69 bits per heavy atom. The Morgan fingerprint density at radius 1 is 1.15 bits per heavy atom. The Bertz CT molecular complexity index is 285. The van der Waals surface area contributed by atoms with Gasteiger partial charge in [0.05, 0.1) is 0 Å². The molecule has 2 aliphatic heterocycles. The van der Waals surface area contributed by atoms with Gasteiger partial charge in [0, 0.05) is 0 Å². The second kappa shape index (κ2) is 2.37. The Morgan fingerprint density at radius 3 is 2.23 bits per heavy atom. The van der Waals surface area contributed by atoms with Crippen LogP contribution in [0.4, 0.5) is 0 Å². The van der Waals surface area contributed by atoms with E-state index < -0.39 is 5.00 Å². The molecule has 0 amide bonds. The minimum absolute atomic E-state index is 0.349. The molecule has 0 aromatic heterocycles. The van der Waals surface area contributed by atoms with Gasteiger partial charge in [0.15, 0.2) is 0 Å². The first-order valence-electron chi connectivity index (χ1n) is 4.68. The summed E-state index contributed by atoms with van der Waals surface area (Å²) in [5, 5.41) is 0.564. The fourth-order valence-electron chi connectivity index (χ4n) is 3.19. The van der Waals surface area contributed by atoms with E-state index in [9.17, 15) is 0 Å². The van der Waals surface area contributed by atoms with Crippen molar-refractivity contribution in [2.75, 3.05) is 0 Å². The van der Waals surface area contributed by atoms with E-state index in [4.69, 9.17) is 34.8 Å². The van der Waals surface area contributed by atoms with Crippen LogP contribution in [0.1, 0.15) is 25.7 Å². The van der Waals surface area contributed by atoms with Crippen LogP contribution in [0.5, 0.6) is 0 Å². The molecule has 0 aromatic rings. The van der Waals surface area contributed by atoms with Crippen molar-refractivity contribution >= 4 is 40.0 Å². The minimum atomic E-state index is -0.417. The number of alkyl halides is 2. The SMILES string of the molecule is ClC1=NC2(Cl)CC3CCC(C2)C13Cl. The first-order valence-corrected chi connectivity index (χ1v) is 5.82. The summed E-state index contributed by atoms with van der Waals surface area (Å²) in [6.45, 7) is 0. The van der Waals surface area contributed by atoms with Crippen LogP contribution >= 0.6 is 34.8 Å². The van der Waals surface area contributed by atoms with Gasteiger partial charge < -0.3 is 0 Å². The number of hydrogen-bond donors (Lipinski definition) is 0. The van der Waals surface area contributed by atoms with Gasteiger partial charge in [-0.25, -0.2) is 0 Å². The molecule has 4 rings (SSSR count). The van der Waals surface area contributed by atoms with E-state index in [1.165, 1.54) is 0 Å². The van der Waals surface area contributed by atoms with Crippen molar-refractivity contribution in [3.63, 3.8) is 0 Å². The van der Waals surface area contributed by atoms with Crippen LogP contribution in [-0.4, -0.2) is 15.0 Å². The third-order valence-electron chi connectivity index (χ3n) is 3.78. The van der Waals surface area contributed by atoms with Crippen LogP contribution in [0.2, 0.25) is 0 Å². The van der Waals surface area contributed by atoms with Gasteiger partial charge in [0.2, 0.25) is 0 Å². The first kappa shape index (κ1) is 8.82. The predicted octanol–water partition coefficient (Wildman–Crippen LogP) is 3.37. The van der Waals surface area contributed by atoms with E-state index in [-0.39, 0.29) is 4.87 Å². The van der Waals surface area contributed by atoms with Crippen molar-refractivity contribution in [1.82, 2.24) is 0 Å². The van der Waals surface area contributed by atoms with Crippen LogP contribution < -0.4 is 0 Å². The quantitative estimate of drug-likeness (QED) is 0.453. The van der Waals surface area contributed by atoms with E-state index in [1.807, 2.05) is 0 Å². The molecule has 0 radical (unpaired) electrons. The topological polar surface area (TPSA) is 12.4 Å². The zero-order chi connectivity index (χ0) is 9.27. The van der Waals surface area contributed by atoms with Crippen LogP contribution in [-0.2, 0) is 0 Å². The summed E-state index contributed by atoms with van der Waals surface area (Å²) < 4.78 is 0. The second-order valence-corrected chi connectivity index (χ2v) is 6.16. The Labute approximate surface area is 92.4 Å². The molecule has 0 N–H and O–H groups in total. The van der Waals surface area contributed by atoms with Crippen molar-refractivity contribution in [3.05, 3.63) is 0 Å². The lowest BCUT2D eigenvalue weighted by Gasteiger charge is -2.48. The molecule has 2 aliphatic carbocycles. The minimum Gasteiger partial charge on any atom is -0.253 e. The van der Waals surface area contributed by atoms with E-state index in [0.29, 0.717) is 17.0 Å². The van der Waals surface area contributed by atoms with Gasteiger partial charge in [-0.05, 0) is 37.5 Å². The third kappa shape index (κ3) is 0.938. The second-order valence-electron chi connectivity index (χ2n) is 4.47. The van der Waals surface area contributed by atoms with Crippen molar-refractivity contribution in [3.8, 4) is 0 Å². The molecule has 72 valence electrons. The lowest BCUT2D eigenvalue weighted by atomic mass is 9.73. The fraction of sp³-hybridized carbons (Fsp3) is 0.889. The number of nitrogens with zero attached hydrogens (tertiary/aromatic N) is 1. The normalized spacial score (nSPS) is 58.2. The summed E-state index contributed by atoms with van der Waals surface area (Å²) in [6.07, 6.45) is 4.14. The molecule has 4 heteroatoms. The highest BCUT2D eigenvalue weighted by Crippen LogP contribution is 2.62. The summed E-state index contributed by atoms with van der Waals surface area (Å²) >= 11 is 19.0. The van der Waals surface area contributed by atoms with Crippen molar-refractivity contribution in [2.45, 2.75) is 35.6 Å². The molecule has 2 saturated carbocycles. The number of halogens is 3. The van der Waals surface area contributed by atoms with Gasteiger partial charge in [-0.2, -0.15) is 0 Å². The average Bonchev–Trinajstić information content (AvgIpc) is 2.30. The summed E-state index contributed by atoms with van der Waals surface area (Å²) in [4.78, 5) is 3.54. The first-order chi connectivity index (χ1) is 6.05. The summed E-state index contributed by atoms with van der Waals surface area (Å²) in [5.41, 5.74) is 0. The molecule has 0 aromatic carbocycles. The Balaban J connectivity index is 2.18. The number of aliphatic imine (C=N–C) groups is 1. The molecule has 1 nitrogen and oxygen atoms in total. The smallest absolute Gasteiger partial charge is 0.136 e. The van der Waals surface area contributed by atoms with Crippen molar-refractivity contribution in [2.24, 2.45) is 16.8 Å². The molecule has 2 unspecified atom stereocenters. The molecular weight excluding hydrogens is 228 g/mol. The van der Waals surface area contributed by atoms with Crippen molar-refractivity contribution in [1.29, 1.82) is 0 Å². The maximum absolute atomic E-state index is 6.55. The third-order valence-corrected chi connectivity index (χ3v) is 5.47. The lowest BCUT2D eigenvalue weighted by molar-refractivity contribution is 0.242. The number of rotatable bonds is 0. The largest absolute Gasteiger partial charge is 0.253 e. The average molecular weight is 239 g/mol. The zero-order valence-electron chi connectivity index (χ0n) is 7.06. The molecule has 2 fully saturated rings. The molecular formula is C9H10Cl3N. The van der Waals surface area contributed by atoms with Crippen LogP contribution in [0.3, 0.4) is 0 Å². The molecule has 2 atom stereocenters. The van der Waals surface area contributed by atoms with Gasteiger partial charge in [0.1, 0.15) is 15.0 Å². The van der Waals surface area contributed by atoms with E-state index in [1.54, 1.807) is 0 Å². The molecule has 2 heterocycles. The monoisotopic (exact) mass is 237 g/mol. The highest BCUT2D eigenvalue weighted by atomic mass is 35.5. The molecule has 13 heavy (non-hydrogen) atoms. The maximum Gasteiger partial charge on any atom is 0.136 e. The maximum atomic E-state index is 6.55. The van der Waals surface area contributed by atoms with E-state index in [2.05, 4.69) is 4.99 Å². The Hall–Kier alpha value is 0.540. The predicted molar refractivity (Wildman–Crippen MR) is 55.9 cm³/mol. The van der Waals surface area contributed by atoms with Gasteiger partial charge in [-0.3, -0.25) is 4.99 Å². The highest BCUT2D eigenvalue weighted by Gasteiger charge is 2.63. The molecule has 0 spiro atoms. The van der Waals surface area contributed by atoms with Gasteiger partial charge in [0.25, 0.3) is 0 Å². The van der Waals surface area contributed by atoms with Crippen LogP contribution in [0.15, 0.2) is 4.99 Å². The molecule has 4 bridgehead atoms.